The van der Waals surface area contributed by atoms with Gasteiger partial charge in [-0.3, -0.25) is 9.59 Å². The molecule has 2 amide bonds. The van der Waals surface area contributed by atoms with Crippen molar-refractivity contribution in [1.82, 2.24) is 14.4 Å². The van der Waals surface area contributed by atoms with E-state index in [9.17, 15) is 18.0 Å². The number of rotatable bonds is 5. The maximum atomic E-state index is 12.9. The molecule has 1 aromatic heterocycles. The zero-order chi connectivity index (χ0) is 22.2. The average Bonchev–Trinajstić information content (AvgIpc) is 3.33. The van der Waals surface area contributed by atoms with E-state index in [2.05, 4.69) is 5.16 Å². The summed E-state index contributed by atoms with van der Waals surface area (Å²) in [5.74, 6) is 0.364. The highest BCUT2D eigenvalue weighted by Crippen LogP contribution is 2.25. The van der Waals surface area contributed by atoms with Crippen LogP contribution in [0.5, 0.6) is 0 Å². The van der Waals surface area contributed by atoms with Crippen LogP contribution in [0.25, 0.3) is 0 Å². The van der Waals surface area contributed by atoms with Crippen LogP contribution >= 0.6 is 0 Å². The molecule has 2 fully saturated rings. The van der Waals surface area contributed by atoms with Crippen molar-refractivity contribution in [1.29, 1.82) is 0 Å². The minimum absolute atomic E-state index is 0.0422. The molecule has 166 valence electrons. The van der Waals surface area contributed by atoms with E-state index in [1.54, 1.807) is 23.6 Å². The zero-order valence-corrected chi connectivity index (χ0v) is 18.5. The van der Waals surface area contributed by atoms with Gasteiger partial charge in [0, 0.05) is 44.8 Å². The van der Waals surface area contributed by atoms with E-state index in [0.29, 0.717) is 25.2 Å². The lowest BCUT2D eigenvalue weighted by Gasteiger charge is -2.34. The van der Waals surface area contributed by atoms with Crippen LogP contribution in [0.15, 0.2) is 33.7 Å². The van der Waals surface area contributed by atoms with Crippen LogP contribution in [0.2, 0.25) is 0 Å². The molecule has 0 bridgehead atoms. The Balaban J connectivity index is 1.35. The lowest BCUT2D eigenvalue weighted by molar-refractivity contribution is -0.131. The molecule has 4 rings (SSSR count). The van der Waals surface area contributed by atoms with Crippen molar-refractivity contribution in [3.05, 3.63) is 41.3 Å². The molecule has 0 spiro atoms. The summed E-state index contributed by atoms with van der Waals surface area (Å²) in [6.07, 6.45) is 1.69. The summed E-state index contributed by atoms with van der Waals surface area (Å²) < 4.78 is 32.2. The van der Waals surface area contributed by atoms with E-state index >= 15 is 0 Å². The van der Waals surface area contributed by atoms with Gasteiger partial charge in [0.1, 0.15) is 10.6 Å². The first-order chi connectivity index (χ1) is 14.8. The second kappa shape index (κ2) is 8.43. The molecule has 2 aliphatic rings. The number of anilines is 1. The van der Waals surface area contributed by atoms with Crippen molar-refractivity contribution in [3.63, 3.8) is 0 Å². The monoisotopic (exact) mass is 446 g/mol. The van der Waals surface area contributed by atoms with Crippen LogP contribution < -0.4 is 4.90 Å². The number of sulfonamides is 1. The molecule has 3 heterocycles. The van der Waals surface area contributed by atoms with E-state index < -0.39 is 10.0 Å². The van der Waals surface area contributed by atoms with Gasteiger partial charge in [0.25, 0.3) is 0 Å². The normalized spacial score (nSPS) is 18.1. The number of nitrogens with zero attached hydrogens (tertiary/aromatic N) is 4. The summed E-state index contributed by atoms with van der Waals surface area (Å²) >= 11 is 0. The van der Waals surface area contributed by atoms with Crippen LogP contribution in [-0.2, 0) is 26.0 Å². The maximum absolute atomic E-state index is 12.9. The van der Waals surface area contributed by atoms with Gasteiger partial charge in [-0.05, 0) is 38.0 Å². The summed E-state index contributed by atoms with van der Waals surface area (Å²) in [4.78, 5) is 28.2. The van der Waals surface area contributed by atoms with Gasteiger partial charge in [-0.15, -0.1) is 0 Å². The van der Waals surface area contributed by atoms with Crippen molar-refractivity contribution >= 4 is 27.5 Å². The van der Waals surface area contributed by atoms with Gasteiger partial charge in [0.15, 0.2) is 5.76 Å². The van der Waals surface area contributed by atoms with E-state index in [-0.39, 0.29) is 42.0 Å². The number of aryl methyl sites for hydroxylation is 2. The Hall–Kier alpha value is -2.72. The number of aromatic nitrogens is 1. The van der Waals surface area contributed by atoms with Gasteiger partial charge in [-0.1, -0.05) is 17.3 Å². The van der Waals surface area contributed by atoms with Crippen molar-refractivity contribution in [3.8, 4) is 0 Å². The van der Waals surface area contributed by atoms with Crippen molar-refractivity contribution in [2.24, 2.45) is 0 Å². The fourth-order valence-electron chi connectivity index (χ4n) is 4.15. The quantitative estimate of drug-likeness (QED) is 0.689. The predicted octanol–water partition coefficient (Wildman–Crippen LogP) is 1.49. The van der Waals surface area contributed by atoms with E-state index in [4.69, 9.17) is 4.52 Å². The molecule has 0 atom stereocenters. The second-order valence-corrected chi connectivity index (χ2v) is 9.81. The molecular weight excluding hydrogens is 420 g/mol. The van der Waals surface area contributed by atoms with Gasteiger partial charge in [0.05, 0.1) is 6.42 Å². The lowest BCUT2D eigenvalue weighted by Crippen LogP contribution is -2.51. The zero-order valence-electron chi connectivity index (χ0n) is 17.7. The Kier molecular flexibility index (Phi) is 5.85. The fraction of sp³-hybridized carbons (Fsp3) is 0.476. The molecule has 2 aliphatic heterocycles. The van der Waals surface area contributed by atoms with Gasteiger partial charge in [-0.25, -0.2) is 8.42 Å². The molecule has 10 heteroatoms. The highest BCUT2D eigenvalue weighted by atomic mass is 32.2. The molecule has 9 nitrogen and oxygen atoms in total. The summed E-state index contributed by atoms with van der Waals surface area (Å²) in [6, 6.07) is 7.49. The smallest absolute Gasteiger partial charge is 0.248 e. The first-order valence-corrected chi connectivity index (χ1v) is 11.8. The molecule has 0 saturated carbocycles. The van der Waals surface area contributed by atoms with Crippen LogP contribution in [-0.4, -0.2) is 67.3 Å². The van der Waals surface area contributed by atoms with Crippen molar-refractivity contribution < 1.29 is 22.5 Å². The van der Waals surface area contributed by atoms with Gasteiger partial charge in [-0.2, -0.15) is 4.31 Å². The molecule has 0 aliphatic carbocycles. The molecule has 0 N–H and O–H groups in total. The SMILES string of the molecule is Cc1noc(C)c1S(=O)(=O)N1CCN(C(=O)Cc2ccc(N3CCCC3=O)cc2)CC1. The number of piperazine rings is 1. The van der Waals surface area contributed by atoms with E-state index in [1.165, 1.54) is 4.31 Å². The Morgan fingerprint density at radius 3 is 2.29 bits per heavy atom. The third-order valence-electron chi connectivity index (χ3n) is 5.83. The Morgan fingerprint density at radius 1 is 1.06 bits per heavy atom. The lowest BCUT2D eigenvalue weighted by atomic mass is 10.1. The molecule has 0 radical (unpaired) electrons. The highest BCUT2D eigenvalue weighted by molar-refractivity contribution is 7.89. The third kappa shape index (κ3) is 4.22. The Bertz CT molecular complexity index is 1070. The Labute approximate surface area is 181 Å². The standard InChI is InChI=1S/C21H26N4O5S/c1-15-21(16(2)30-22-15)31(28,29)24-12-10-23(11-13-24)20(27)14-17-5-7-18(8-6-17)25-9-3-4-19(25)26/h5-8H,3-4,9-14H2,1-2H3. The van der Waals surface area contributed by atoms with Gasteiger partial charge in [0.2, 0.25) is 21.8 Å². The van der Waals surface area contributed by atoms with Crippen molar-refractivity contribution in [2.45, 2.75) is 38.0 Å². The molecule has 2 saturated heterocycles. The molecule has 1 aromatic carbocycles. The van der Waals surface area contributed by atoms with E-state index in [1.807, 2.05) is 24.3 Å². The first kappa shape index (κ1) is 21.5. The maximum Gasteiger partial charge on any atom is 0.248 e. The van der Waals surface area contributed by atoms with Gasteiger partial charge < -0.3 is 14.3 Å². The number of benzene rings is 1. The van der Waals surface area contributed by atoms with Crippen LogP contribution in [0.4, 0.5) is 5.69 Å². The summed E-state index contributed by atoms with van der Waals surface area (Å²) in [5.41, 5.74) is 2.07. The molecular formula is C21H26N4O5S. The average molecular weight is 447 g/mol. The van der Waals surface area contributed by atoms with Crippen LogP contribution in [0.3, 0.4) is 0 Å². The fourth-order valence-corrected chi connectivity index (χ4v) is 5.86. The number of hydrogen-bond donors (Lipinski definition) is 0. The minimum Gasteiger partial charge on any atom is -0.360 e. The summed E-state index contributed by atoms with van der Waals surface area (Å²) in [6.45, 7) is 5.05. The number of amides is 2. The second-order valence-electron chi connectivity index (χ2n) is 7.93. The first-order valence-electron chi connectivity index (χ1n) is 10.4. The third-order valence-corrected chi connectivity index (χ3v) is 7.98. The summed E-state index contributed by atoms with van der Waals surface area (Å²) in [5, 5.41) is 3.74. The van der Waals surface area contributed by atoms with E-state index in [0.717, 1.165) is 24.2 Å². The topological polar surface area (TPSA) is 104 Å². The predicted molar refractivity (Wildman–Crippen MR) is 113 cm³/mol. The minimum atomic E-state index is -3.70. The Morgan fingerprint density at radius 2 is 1.74 bits per heavy atom. The number of carbonyl (C=O) groups excluding carboxylic acids is 2. The van der Waals surface area contributed by atoms with Gasteiger partial charge >= 0.3 is 0 Å². The van der Waals surface area contributed by atoms with Crippen LogP contribution in [0.1, 0.15) is 29.9 Å². The largest absolute Gasteiger partial charge is 0.360 e. The highest BCUT2D eigenvalue weighted by Gasteiger charge is 2.34. The van der Waals surface area contributed by atoms with Crippen molar-refractivity contribution in [2.75, 3.05) is 37.6 Å². The summed E-state index contributed by atoms with van der Waals surface area (Å²) in [7, 11) is -3.70. The molecule has 31 heavy (non-hydrogen) atoms. The van der Waals surface area contributed by atoms with Crippen LogP contribution in [0, 0.1) is 13.8 Å². The number of hydrogen-bond acceptors (Lipinski definition) is 6. The number of carbonyl (C=O) groups is 2. The molecule has 0 unspecified atom stereocenters. The molecule has 2 aromatic rings.